The van der Waals surface area contributed by atoms with E-state index in [0.29, 0.717) is 12.1 Å². The normalized spacial score (nSPS) is 30.3. The minimum absolute atomic E-state index is 0.0803. The molecule has 2 bridgehead atoms. The summed E-state index contributed by atoms with van der Waals surface area (Å²) in [6, 6.07) is 11.0. The third kappa shape index (κ3) is 2.70. The van der Waals surface area contributed by atoms with Crippen molar-refractivity contribution in [3.63, 3.8) is 0 Å². The number of benzene rings is 1. The maximum atomic E-state index is 13.0. The highest BCUT2D eigenvalue weighted by Crippen LogP contribution is 2.53. The maximum absolute atomic E-state index is 13.0. The summed E-state index contributed by atoms with van der Waals surface area (Å²) >= 11 is 0. The fourth-order valence-electron chi connectivity index (χ4n) is 5.78. The molecule has 0 spiro atoms. The monoisotopic (exact) mass is 426 g/mol. The molecule has 1 saturated carbocycles. The number of nitrogens with zero attached hydrogens (tertiary/aromatic N) is 4. The van der Waals surface area contributed by atoms with Crippen molar-refractivity contribution in [2.24, 2.45) is 28.8 Å². The molecule has 3 heterocycles. The second-order valence-corrected chi connectivity index (χ2v) is 8.97. The first-order valence-electron chi connectivity index (χ1n) is 11.0. The topological polar surface area (TPSA) is 82.9 Å². The third-order valence-electron chi connectivity index (χ3n) is 7.25. The molecule has 0 radical (unpaired) electrons. The number of fused-ring (bicyclic) bond motifs is 5. The van der Waals surface area contributed by atoms with Gasteiger partial charge in [0.15, 0.2) is 0 Å². The predicted octanol–water partition coefficient (Wildman–Crippen LogP) is 3.09. The third-order valence-corrected chi connectivity index (χ3v) is 7.25. The smallest absolute Gasteiger partial charge is 0.240 e. The fourth-order valence-corrected chi connectivity index (χ4v) is 5.78. The quantitative estimate of drug-likeness (QED) is 0.558. The van der Waals surface area contributed by atoms with Crippen molar-refractivity contribution in [3.8, 4) is 0 Å². The Bertz CT molecular complexity index is 1160. The number of rotatable bonds is 3. The lowest BCUT2D eigenvalue weighted by molar-refractivity contribution is -0.130. The molecule has 5 atom stereocenters. The van der Waals surface area contributed by atoms with E-state index in [1.807, 2.05) is 36.4 Å². The van der Waals surface area contributed by atoms with Crippen molar-refractivity contribution < 1.29 is 14.4 Å². The maximum Gasteiger partial charge on any atom is 0.240 e. The van der Waals surface area contributed by atoms with E-state index in [9.17, 15) is 14.4 Å². The van der Waals surface area contributed by atoms with Gasteiger partial charge in [-0.25, -0.2) is 5.01 Å². The van der Waals surface area contributed by atoms with Gasteiger partial charge < -0.3 is 0 Å². The van der Waals surface area contributed by atoms with E-state index in [0.717, 1.165) is 23.3 Å². The Hall–Kier alpha value is -3.61. The van der Waals surface area contributed by atoms with Gasteiger partial charge in [-0.1, -0.05) is 24.3 Å². The van der Waals surface area contributed by atoms with Crippen molar-refractivity contribution in [3.05, 3.63) is 72.1 Å². The molecule has 7 nitrogen and oxygen atoms in total. The van der Waals surface area contributed by atoms with Crippen molar-refractivity contribution in [2.45, 2.75) is 25.8 Å². The number of pyridine rings is 1. The molecule has 0 N–H and O–H groups in total. The molecule has 7 heteroatoms. The van der Waals surface area contributed by atoms with Crippen molar-refractivity contribution in [1.82, 2.24) is 9.99 Å². The number of carbonyl (C=O) groups is 3. The number of hydrazone groups is 1. The number of imide groups is 1. The zero-order valence-electron chi connectivity index (χ0n) is 17.6. The molecule has 1 unspecified atom stereocenters. The minimum Gasteiger partial charge on any atom is -0.274 e. The second-order valence-electron chi connectivity index (χ2n) is 8.97. The molecular formula is C25H22N4O3. The van der Waals surface area contributed by atoms with Crippen LogP contribution in [0.3, 0.4) is 0 Å². The van der Waals surface area contributed by atoms with Crippen LogP contribution in [0.4, 0.5) is 5.69 Å². The summed E-state index contributed by atoms with van der Waals surface area (Å²) in [4.78, 5) is 43.7. The van der Waals surface area contributed by atoms with Gasteiger partial charge in [-0.15, -0.1) is 0 Å². The van der Waals surface area contributed by atoms with Gasteiger partial charge in [0, 0.05) is 25.7 Å². The molecule has 4 aliphatic rings. The van der Waals surface area contributed by atoms with Crippen LogP contribution in [0.1, 0.15) is 36.9 Å². The van der Waals surface area contributed by atoms with Crippen LogP contribution in [0, 0.1) is 23.7 Å². The highest BCUT2D eigenvalue weighted by molar-refractivity contribution is 6.23. The zero-order chi connectivity index (χ0) is 22.0. The fraction of sp³-hybridized carbons (Fsp3) is 0.320. The summed E-state index contributed by atoms with van der Waals surface area (Å²) in [5, 5.41) is 6.08. The first kappa shape index (κ1) is 19.1. The van der Waals surface area contributed by atoms with E-state index in [-0.39, 0.29) is 47.4 Å². The Kier molecular flexibility index (Phi) is 4.15. The Morgan fingerprint density at radius 3 is 2.16 bits per heavy atom. The molecule has 1 saturated heterocycles. The summed E-state index contributed by atoms with van der Waals surface area (Å²) in [6.45, 7) is 1.51. The summed E-state index contributed by atoms with van der Waals surface area (Å²) < 4.78 is 0. The Labute approximate surface area is 185 Å². The van der Waals surface area contributed by atoms with E-state index in [1.165, 1.54) is 16.8 Å². The minimum atomic E-state index is -0.207. The number of hydrogen-bond donors (Lipinski definition) is 0. The molecule has 160 valence electrons. The Morgan fingerprint density at radius 1 is 0.938 bits per heavy atom. The molecule has 2 aliphatic carbocycles. The predicted molar refractivity (Wildman–Crippen MR) is 117 cm³/mol. The molecule has 6 rings (SSSR count). The lowest BCUT2D eigenvalue weighted by atomic mass is 9.85. The standard InChI is InChI=1S/C25H22N4O3/c1-14(30)29-21(16-8-10-26-11-9-16)13-20(27-29)15-4-6-19(7-5-15)28-24(31)22-17-2-3-18(12-17)23(22)25(28)32/h2-11,17-18,21-23H,12-13H2,1H3/t17-,18+,21?,22-,23+. The highest BCUT2D eigenvalue weighted by atomic mass is 16.2. The van der Waals surface area contributed by atoms with Gasteiger partial charge in [-0.2, -0.15) is 5.10 Å². The number of hydrogen-bond acceptors (Lipinski definition) is 5. The van der Waals surface area contributed by atoms with Crippen LogP contribution in [-0.4, -0.2) is 33.4 Å². The lowest BCUT2D eigenvalue weighted by Gasteiger charge is -2.20. The number of aromatic nitrogens is 1. The number of anilines is 1. The van der Waals surface area contributed by atoms with Gasteiger partial charge in [-0.05, 0) is 53.6 Å². The van der Waals surface area contributed by atoms with Gasteiger partial charge >= 0.3 is 0 Å². The molecule has 1 aromatic heterocycles. The SMILES string of the molecule is CC(=O)N1N=C(c2ccc(N3C(=O)[C@@H]4[C@H](C3=O)[C@@H]3C=C[C@H]4C3)cc2)CC1c1ccncc1. The van der Waals surface area contributed by atoms with Crippen molar-refractivity contribution >= 4 is 29.1 Å². The summed E-state index contributed by atoms with van der Waals surface area (Å²) in [6.07, 6.45) is 9.13. The molecule has 32 heavy (non-hydrogen) atoms. The van der Waals surface area contributed by atoms with Gasteiger partial charge in [0.1, 0.15) is 0 Å². The van der Waals surface area contributed by atoms with Crippen LogP contribution >= 0.6 is 0 Å². The molecule has 2 aromatic rings. The largest absolute Gasteiger partial charge is 0.274 e. The summed E-state index contributed by atoms with van der Waals surface area (Å²) in [5.41, 5.74) is 3.25. The van der Waals surface area contributed by atoms with Crippen LogP contribution in [-0.2, 0) is 14.4 Å². The highest BCUT2D eigenvalue weighted by Gasteiger charge is 2.59. The first-order valence-corrected chi connectivity index (χ1v) is 11.0. The van der Waals surface area contributed by atoms with Crippen molar-refractivity contribution in [2.75, 3.05) is 4.90 Å². The average molecular weight is 426 g/mol. The summed E-state index contributed by atoms with van der Waals surface area (Å²) in [7, 11) is 0. The molecule has 2 aliphatic heterocycles. The van der Waals surface area contributed by atoms with Gasteiger partial charge in [-0.3, -0.25) is 24.3 Å². The Morgan fingerprint density at radius 2 is 1.56 bits per heavy atom. The van der Waals surface area contributed by atoms with Crippen LogP contribution in [0.2, 0.25) is 0 Å². The van der Waals surface area contributed by atoms with Crippen LogP contribution in [0.5, 0.6) is 0 Å². The number of allylic oxidation sites excluding steroid dienone is 2. The zero-order valence-corrected chi connectivity index (χ0v) is 17.6. The Balaban J connectivity index is 1.26. The second kappa shape index (κ2) is 6.95. The van der Waals surface area contributed by atoms with E-state index in [2.05, 4.69) is 22.2 Å². The molecular weight excluding hydrogens is 404 g/mol. The molecule has 3 amide bonds. The lowest BCUT2D eigenvalue weighted by Crippen LogP contribution is -2.32. The van der Waals surface area contributed by atoms with Crippen LogP contribution < -0.4 is 4.90 Å². The van der Waals surface area contributed by atoms with Crippen LogP contribution in [0.25, 0.3) is 0 Å². The summed E-state index contributed by atoms with van der Waals surface area (Å²) in [5.74, 6) is -0.307. The van der Waals surface area contributed by atoms with E-state index in [1.54, 1.807) is 12.4 Å². The van der Waals surface area contributed by atoms with E-state index >= 15 is 0 Å². The molecule has 2 fully saturated rings. The van der Waals surface area contributed by atoms with Crippen molar-refractivity contribution in [1.29, 1.82) is 0 Å². The van der Waals surface area contributed by atoms with Gasteiger partial charge in [0.25, 0.3) is 0 Å². The van der Waals surface area contributed by atoms with Crippen LogP contribution in [0.15, 0.2) is 66.0 Å². The number of carbonyl (C=O) groups excluding carboxylic acids is 3. The van der Waals surface area contributed by atoms with E-state index in [4.69, 9.17) is 0 Å². The first-order chi connectivity index (χ1) is 15.5. The van der Waals surface area contributed by atoms with E-state index < -0.39 is 0 Å². The van der Waals surface area contributed by atoms with Gasteiger partial charge in [0.05, 0.1) is 29.3 Å². The van der Waals surface area contributed by atoms with Gasteiger partial charge in [0.2, 0.25) is 17.7 Å². The number of amides is 3. The average Bonchev–Trinajstić information content (AvgIpc) is 3.57. The molecule has 1 aromatic carbocycles.